The lowest BCUT2D eigenvalue weighted by atomic mass is 9.80. The lowest BCUT2D eigenvalue weighted by Gasteiger charge is -2.33. The van der Waals surface area contributed by atoms with Gasteiger partial charge in [-0.05, 0) is 94.0 Å². The van der Waals surface area contributed by atoms with Gasteiger partial charge in [-0.25, -0.2) is 9.80 Å². The Kier molecular flexibility index (Phi) is 11.0. The summed E-state index contributed by atoms with van der Waals surface area (Å²) in [5.41, 5.74) is 1.54. The molecule has 0 saturated heterocycles. The Hall–Kier alpha value is -8.08. The van der Waals surface area contributed by atoms with E-state index in [1.54, 1.807) is 24.3 Å². The fourth-order valence-corrected chi connectivity index (χ4v) is 12.3. The van der Waals surface area contributed by atoms with E-state index in [9.17, 15) is 0 Å². The number of fused-ring (bicyclic) bond motifs is 2. The van der Waals surface area contributed by atoms with Crippen LogP contribution in [-0.4, -0.2) is 23.6 Å². The maximum Gasteiger partial charge on any atom is 0.266 e. The van der Waals surface area contributed by atoms with Crippen molar-refractivity contribution in [1.29, 1.82) is 0 Å². The molecule has 4 unspecified atom stereocenters. The molecule has 11 aromatic rings. The SMILES string of the molecule is O=C1c2cc(Oc3ccccc3)c3c4c(Oc5ccccc5)cc5c6c(cc(Oc7ccccc7)c(c7c(Oc8ccccc8)cc(c2c37)C(=O)N1c1c(P)cccc1P)c64)C(=O)N(c1c(P)cccc1P)C5=O. The van der Waals surface area contributed by atoms with Crippen molar-refractivity contribution in [2.75, 3.05) is 9.80 Å². The third-order valence-electron chi connectivity index (χ3n) is 13.4. The quantitative estimate of drug-likeness (QED) is 0.0576. The number of rotatable bonds is 10. The van der Waals surface area contributed by atoms with Crippen LogP contribution in [0.3, 0.4) is 0 Å². The number of carbonyl (C=O) groups excluding carboxylic acids is 4. The molecule has 0 N–H and O–H groups in total. The fourth-order valence-electron chi connectivity index (χ4n) is 10.4. The van der Waals surface area contributed by atoms with Crippen LogP contribution in [0.15, 0.2) is 182 Å². The Labute approximate surface area is 432 Å². The van der Waals surface area contributed by atoms with E-state index in [1.807, 2.05) is 158 Å². The Morgan fingerprint density at radius 3 is 0.730 bits per heavy atom. The summed E-state index contributed by atoms with van der Waals surface area (Å²) in [5, 5.41) is 5.75. The van der Waals surface area contributed by atoms with E-state index < -0.39 is 23.6 Å². The first kappa shape index (κ1) is 45.8. The van der Waals surface area contributed by atoms with Crippen molar-refractivity contribution in [3.63, 3.8) is 0 Å². The van der Waals surface area contributed by atoms with Crippen LogP contribution < -0.4 is 50.0 Å². The van der Waals surface area contributed by atoms with Crippen LogP contribution in [0.1, 0.15) is 41.4 Å². The van der Waals surface area contributed by atoms with E-state index in [2.05, 4.69) is 37.0 Å². The van der Waals surface area contributed by atoms with E-state index in [4.69, 9.17) is 18.9 Å². The summed E-state index contributed by atoms with van der Waals surface area (Å²) in [5.74, 6) is 0.389. The molecule has 2 aliphatic rings. The zero-order valence-corrected chi connectivity index (χ0v) is 43.4. The number of amides is 4. The molecule has 2 heterocycles. The number of hydrogen-bond acceptors (Lipinski definition) is 8. The summed E-state index contributed by atoms with van der Waals surface area (Å²) >= 11 is 0. The summed E-state index contributed by atoms with van der Waals surface area (Å²) in [6.45, 7) is 0. The third-order valence-corrected chi connectivity index (χ3v) is 15.3. The van der Waals surface area contributed by atoms with Gasteiger partial charge in [0, 0.05) is 43.1 Å². The Balaban J connectivity index is 1.27. The number of hydrogen-bond donors (Lipinski definition) is 0. The Morgan fingerprint density at radius 2 is 0.500 bits per heavy atom. The molecule has 0 spiro atoms. The minimum Gasteiger partial charge on any atom is -0.457 e. The fraction of sp³-hybridized carbons (Fsp3) is 0. The summed E-state index contributed by atoms with van der Waals surface area (Å²) in [7, 11) is 10.6. The second kappa shape index (κ2) is 17.8. The number of anilines is 2. The standard InChI is InChI=1S/C60H38N2O8P4/c63-57-35-27-39(67-31-15-5-1-6-16-31)49-50-40(68-32-17-7-2-8-18-32)28-37-48-38(60(66)62(59(37)65)56-45(73)25-14-26-46(56)74)30-42(70-34-21-11-4-12-22-34)52(54(48)50)51-41(69-33-19-9-3-10-20-33)29-36(47(35)53(49)51)58(64)61(57)55-43(71)23-13-24-44(55)72/h1-30H,71-74H2. The lowest BCUT2D eigenvalue weighted by molar-refractivity contribution is 0.0878. The van der Waals surface area contributed by atoms with Crippen molar-refractivity contribution in [2.24, 2.45) is 0 Å². The van der Waals surface area contributed by atoms with Gasteiger partial charge in [-0.1, -0.05) is 109 Å². The first-order valence-corrected chi connectivity index (χ1v) is 25.7. The molecule has 4 atom stereocenters. The lowest BCUT2D eigenvalue weighted by Crippen LogP contribution is -2.44. The predicted molar refractivity (Wildman–Crippen MR) is 306 cm³/mol. The first-order chi connectivity index (χ1) is 36.0. The van der Waals surface area contributed by atoms with Gasteiger partial charge in [-0.15, -0.1) is 37.0 Å². The average molecular weight is 1040 g/mol. The molecule has 0 bridgehead atoms. The molecule has 74 heavy (non-hydrogen) atoms. The average Bonchev–Trinajstić information content (AvgIpc) is 3.46. The molecule has 11 aromatic carbocycles. The van der Waals surface area contributed by atoms with Crippen molar-refractivity contribution < 1.29 is 38.1 Å². The molecule has 0 aromatic heterocycles. The smallest absolute Gasteiger partial charge is 0.266 e. The van der Waals surface area contributed by atoms with Gasteiger partial charge in [0.05, 0.1) is 33.6 Å². The van der Waals surface area contributed by atoms with Crippen LogP contribution in [0.4, 0.5) is 11.4 Å². The van der Waals surface area contributed by atoms with E-state index in [1.165, 1.54) is 9.80 Å². The van der Waals surface area contributed by atoms with Gasteiger partial charge >= 0.3 is 0 Å². The molecule has 4 amide bonds. The number of ether oxygens (including phenoxy) is 4. The largest absolute Gasteiger partial charge is 0.457 e. The topological polar surface area (TPSA) is 112 Å². The first-order valence-electron chi connectivity index (χ1n) is 23.4. The second-order valence-corrected chi connectivity index (χ2v) is 20.3. The highest BCUT2D eigenvalue weighted by atomic mass is 31.0. The van der Waals surface area contributed by atoms with Gasteiger partial charge in [-0.3, -0.25) is 19.2 Å². The van der Waals surface area contributed by atoms with Crippen molar-refractivity contribution in [2.45, 2.75) is 0 Å². The highest BCUT2D eigenvalue weighted by Crippen LogP contribution is 2.58. The molecular weight excluding hydrogens is 1000 g/mol. The summed E-state index contributed by atoms with van der Waals surface area (Å²) < 4.78 is 28.0. The zero-order chi connectivity index (χ0) is 50.5. The number of para-hydroxylation sites is 6. The van der Waals surface area contributed by atoms with E-state index in [0.717, 1.165) is 0 Å². The molecule has 0 aliphatic carbocycles. The van der Waals surface area contributed by atoms with Gasteiger partial charge in [-0.2, -0.15) is 0 Å². The zero-order valence-electron chi connectivity index (χ0n) is 38.8. The number of carbonyl (C=O) groups is 4. The van der Waals surface area contributed by atoms with Crippen molar-refractivity contribution in [3.8, 4) is 46.0 Å². The van der Waals surface area contributed by atoms with E-state index >= 15 is 19.2 Å². The molecule has 0 radical (unpaired) electrons. The molecular formula is C60H38N2O8P4. The molecule has 14 heteroatoms. The Morgan fingerprint density at radius 1 is 0.270 bits per heavy atom. The molecule has 356 valence electrons. The van der Waals surface area contributed by atoms with Crippen LogP contribution in [0, 0.1) is 0 Å². The van der Waals surface area contributed by atoms with Crippen LogP contribution in [0.5, 0.6) is 46.0 Å². The molecule has 2 aliphatic heterocycles. The van der Waals surface area contributed by atoms with Crippen LogP contribution in [0.2, 0.25) is 0 Å². The van der Waals surface area contributed by atoms with Gasteiger partial charge < -0.3 is 18.9 Å². The number of benzene rings is 11. The minimum atomic E-state index is -0.579. The van der Waals surface area contributed by atoms with Crippen LogP contribution in [-0.2, 0) is 0 Å². The van der Waals surface area contributed by atoms with Crippen LogP contribution >= 0.6 is 37.0 Å². The normalized spacial score (nSPS) is 13.2. The summed E-state index contributed by atoms with van der Waals surface area (Å²) in [6.07, 6.45) is 0. The molecule has 0 fully saturated rings. The molecule has 0 saturated carbocycles. The van der Waals surface area contributed by atoms with Crippen LogP contribution in [0.25, 0.3) is 43.1 Å². The van der Waals surface area contributed by atoms with Crippen molar-refractivity contribution >= 4 is 136 Å². The predicted octanol–water partition coefficient (Wildman–Crippen LogP) is 12.5. The molecule has 10 nitrogen and oxygen atoms in total. The monoisotopic (exact) mass is 1040 g/mol. The van der Waals surface area contributed by atoms with E-state index in [-0.39, 0.29) is 45.3 Å². The maximum absolute atomic E-state index is 15.6. The molecule has 13 rings (SSSR count). The number of nitrogens with zero attached hydrogens (tertiary/aromatic N) is 2. The Bertz CT molecular complexity index is 3690. The van der Waals surface area contributed by atoms with Gasteiger partial charge in [0.15, 0.2) is 0 Å². The van der Waals surface area contributed by atoms with Gasteiger partial charge in [0.25, 0.3) is 23.6 Å². The highest BCUT2D eigenvalue weighted by Gasteiger charge is 2.43. The summed E-state index contributed by atoms with van der Waals surface area (Å²) in [6, 6.07) is 54.4. The van der Waals surface area contributed by atoms with Gasteiger partial charge in [0.2, 0.25) is 0 Å². The maximum atomic E-state index is 15.6. The van der Waals surface area contributed by atoms with E-state index in [0.29, 0.717) is 98.7 Å². The summed E-state index contributed by atoms with van der Waals surface area (Å²) in [4.78, 5) is 64.6. The highest BCUT2D eigenvalue weighted by molar-refractivity contribution is 7.31. The second-order valence-electron chi connectivity index (χ2n) is 17.8. The minimum absolute atomic E-state index is 0.185. The third kappa shape index (κ3) is 7.17. The van der Waals surface area contributed by atoms with Crippen molar-refractivity contribution in [1.82, 2.24) is 0 Å². The van der Waals surface area contributed by atoms with Gasteiger partial charge in [0.1, 0.15) is 46.0 Å². The number of imide groups is 2. The van der Waals surface area contributed by atoms with Crippen molar-refractivity contribution in [3.05, 3.63) is 204 Å².